The van der Waals surface area contributed by atoms with Gasteiger partial charge < -0.3 is 32.9 Å². The second-order valence-electron chi connectivity index (χ2n) is 5.99. The predicted molar refractivity (Wildman–Crippen MR) is 117 cm³/mol. The van der Waals surface area contributed by atoms with Crippen molar-refractivity contribution in [2.75, 3.05) is 29.5 Å². The van der Waals surface area contributed by atoms with Crippen LogP contribution >= 0.6 is 0 Å². The lowest BCUT2D eigenvalue weighted by molar-refractivity contribution is 0.414. The standard InChI is InChI=1S/C21H31N5O/c1-4-18(9-6-10-22)26-21-12-20(17(13-23)11-19(21)24)25-14-15(2)7-5-8-16(3)27/h4-9,11-12,25-27H,2,10,13-14,22-24H2,1,3H3/b7-5-,9-6-,16-8+,18-4+. The molecule has 0 aliphatic carbocycles. The number of nitrogens with two attached hydrogens (primary N) is 3. The summed E-state index contributed by atoms with van der Waals surface area (Å²) < 4.78 is 0. The van der Waals surface area contributed by atoms with Crippen LogP contribution in [0.15, 0.2) is 72.2 Å². The van der Waals surface area contributed by atoms with Gasteiger partial charge in [-0.05, 0) is 49.3 Å². The van der Waals surface area contributed by atoms with Crippen LogP contribution in [-0.2, 0) is 6.54 Å². The maximum absolute atomic E-state index is 9.16. The van der Waals surface area contributed by atoms with Crippen LogP contribution in [0.5, 0.6) is 0 Å². The zero-order valence-corrected chi connectivity index (χ0v) is 16.1. The monoisotopic (exact) mass is 369 g/mol. The van der Waals surface area contributed by atoms with Gasteiger partial charge in [0.1, 0.15) is 0 Å². The summed E-state index contributed by atoms with van der Waals surface area (Å²) in [4.78, 5) is 0. The molecule has 0 aliphatic heterocycles. The van der Waals surface area contributed by atoms with E-state index in [1.165, 1.54) is 0 Å². The van der Waals surface area contributed by atoms with Gasteiger partial charge >= 0.3 is 0 Å². The largest absolute Gasteiger partial charge is 0.513 e. The molecule has 6 nitrogen and oxygen atoms in total. The Morgan fingerprint density at radius 3 is 2.56 bits per heavy atom. The summed E-state index contributed by atoms with van der Waals surface area (Å²) >= 11 is 0. The Morgan fingerprint density at radius 1 is 1.22 bits per heavy atom. The Kier molecular flexibility index (Phi) is 9.50. The van der Waals surface area contributed by atoms with E-state index in [1.54, 1.807) is 19.1 Å². The van der Waals surface area contributed by atoms with Crippen LogP contribution in [0, 0.1) is 0 Å². The van der Waals surface area contributed by atoms with Crippen molar-refractivity contribution in [3.63, 3.8) is 0 Å². The summed E-state index contributed by atoms with van der Waals surface area (Å²) in [6.45, 7) is 8.92. The quantitative estimate of drug-likeness (QED) is 0.213. The van der Waals surface area contributed by atoms with E-state index in [1.807, 2.05) is 43.4 Å². The van der Waals surface area contributed by atoms with Crippen LogP contribution in [-0.4, -0.2) is 18.2 Å². The fraction of sp³-hybridized carbons (Fsp3) is 0.238. The molecule has 0 saturated heterocycles. The number of aliphatic hydroxyl groups excluding tert-OH is 1. The van der Waals surface area contributed by atoms with Gasteiger partial charge in [0, 0.05) is 31.0 Å². The second-order valence-corrected chi connectivity index (χ2v) is 5.99. The molecule has 0 amide bonds. The molecule has 9 N–H and O–H groups in total. The van der Waals surface area contributed by atoms with Crippen molar-refractivity contribution in [1.82, 2.24) is 0 Å². The van der Waals surface area contributed by atoms with Gasteiger partial charge in [-0.1, -0.05) is 30.9 Å². The summed E-state index contributed by atoms with van der Waals surface area (Å²) in [6, 6.07) is 3.80. The molecule has 27 heavy (non-hydrogen) atoms. The zero-order valence-electron chi connectivity index (χ0n) is 16.1. The molecular formula is C21H31N5O. The van der Waals surface area contributed by atoms with Gasteiger partial charge in [-0.15, -0.1) is 0 Å². The summed E-state index contributed by atoms with van der Waals surface area (Å²) in [6.07, 6.45) is 10.9. The number of aliphatic hydroxyl groups is 1. The first-order chi connectivity index (χ1) is 12.9. The Bertz CT molecular complexity index is 756. The molecule has 146 valence electrons. The van der Waals surface area contributed by atoms with E-state index in [9.17, 15) is 0 Å². The normalized spacial score (nSPS) is 12.7. The topological polar surface area (TPSA) is 122 Å². The molecule has 0 spiro atoms. The molecule has 0 bridgehead atoms. The van der Waals surface area contributed by atoms with Gasteiger partial charge in [-0.2, -0.15) is 0 Å². The highest BCUT2D eigenvalue weighted by molar-refractivity contribution is 5.76. The summed E-state index contributed by atoms with van der Waals surface area (Å²) in [7, 11) is 0. The SMILES string of the molecule is C=C(/C=C\C=C(/C)O)CNc1cc(NC(/C=C\CN)=C/C)c(N)cc1CN. The fourth-order valence-corrected chi connectivity index (χ4v) is 2.26. The number of anilines is 3. The average molecular weight is 370 g/mol. The molecule has 0 atom stereocenters. The van der Waals surface area contributed by atoms with Crippen LogP contribution in [0.25, 0.3) is 0 Å². The second kappa shape index (κ2) is 11.6. The number of benzene rings is 1. The zero-order chi connectivity index (χ0) is 20.2. The summed E-state index contributed by atoms with van der Waals surface area (Å²) in [5, 5.41) is 15.8. The fourth-order valence-electron chi connectivity index (χ4n) is 2.26. The van der Waals surface area contributed by atoms with Crippen molar-refractivity contribution in [3.8, 4) is 0 Å². The first-order valence-corrected chi connectivity index (χ1v) is 8.79. The van der Waals surface area contributed by atoms with Gasteiger partial charge in [0.2, 0.25) is 0 Å². The smallest absolute Gasteiger partial charge is 0.0891 e. The Labute approximate surface area is 161 Å². The summed E-state index contributed by atoms with van der Waals surface area (Å²) in [5.74, 6) is 0.246. The minimum Gasteiger partial charge on any atom is -0.513 e. The molecule has 1 aromatic carbocycles. The van der Waals surface area contributed by atoms with Gasteiger partial charge in [0.15, 0.2) is 0 Å². The van der Waals surface area contributed by atoms with Crippen molar-refractivity contribution in [2.24, 2.45) is 11.5 Å². The van der Waals surface area contributed by atoms with Crippen LogP contribution in [0.2, 0.25) is 0 Å². The molecule has 1 rings (SSSR count). The molecule has 0 saturated carbocycles. The van der Waals surface area contributed by atoms with Crippen LogP contribution in [0.3, 0.4) is 0 Å². The van der Waals surface area contributed by atoms with Crippen molar-refractivity contribution in [2.45, 2.75) is 20.4 Å². The first kappa shape index (κ1) is 22.1. The third kappa shape index (κ3) is 7.85. The van der Waals surface area contributed by atoms with E-state index < -0.39 is 0 Å². The van der Waals surface area contributed by atoms with Crippen LogP contribution < -0.4 is 27.8 Å². The molecule has 0 aliphatic rings. The van der Waals surface area contributed by atoms with Crippen LogP contribution in [0.1, 0.15) is 19.4 Å². The van der Waals surface area contributed by atoms with E-state index >= 15 is 0 Å². The molecule has 1 aromatic rings. The highest BCUT2D eigenvalue weighted by Gasteiger charge is 2.08. The lowest BCUT2D eigenvalue weighted by Crippen LogP contribution is -2.10. The molecule has 0 radical (unpaired) electrons. The van der Waals surface area contributed by atoms with E-state index in [4.69, 9.17) is 22.3 Å². The lowest BCUT2D eigenvalue weighted by atomic mass is 10.1. The van der Waals surface area contributed by atoms with Crippen molar-refractivity contribution in [3.05, 3.63) is 77.8 Å². The maximum atomic E-state index is 9.16. The van der Waals surface area contributed by atoms with Gasteiger partial charge in [0.25, 0.3) is 0 Å². The Balaban J connectivity index is 2.96. The number of hydrogen-bond acceptors (Lipinski definition) is 6. The first-order valence-electron chi connectivity index (χ1n) is 8.79. The molecule has 6 heteroatoms. The molecular weight excluding hydrogens is 338 g/mol. The summed E-state index contributed by atoms with van der Waals surface area (Å²) in [5.41, 5.74) is 22.5. The van der Waals surface area contributed by atoms with Crippen LogP contribution in [0.4, 0.5) is 17.1 Å². The van der Waals surface area contributed by atoms with E-state index in [-0.39, 0.29) is 5.76 Å². The molecule has 0 heterocycles. The number of allylic oxidation sites excluding steroid dienone is 5. The number of nitrogen functional groups attached to an aromatic ring is 1. The van der Waals surface area contributed by atoms with Gasteiger partial charge in [0.05, 0.1) is 17.1 Å². The number of hydrogen-bond donors (Lipinski definition) is 6. The molecule has 0 unspecified atom stereocenters. The third-order valence-corrected chi connectivity index (χ3v) is 3.69. The van der Waals surface area contributed by atoms with E-state index in [0.717, 1.165) is 28.2 Å². The number of rotatable bonds is 10. The minimum absolute atomic E-state index is 0.246. The predicted octanol–water partition coefficient (Wildman–Crippen LogP) is 3.54. The van der Waals surface area contributed by atoms with E-state index in [2.05, 4.69) is 17.2 Å². The molecule has 0 fully saturated rings. The minimum atomic E-state index is 0.246. The average Bonchev–Trinajstić information content (AvgIpc) is 2.64. The van der Waals surface area contributed by atoms with Crippen molar-refractivity contribution < 1.29 is 5.11 Å². The maximum Gasteiger partial charge on any atom is 0.0891 e. The Hall–Kier alpha value is -2.96. The highest BCUT2D eigenvalue weighted by atomic mass is 16.3. The van der Waals surface area contributed by atoms with Gasteiger partial charge in [-0.3, -0.25) is 0 Å². The third-order valence-electron chi connectivity index (χ3n) is 3.69. The molecule has 0 aromatic heterocycles. The Morgan fingerprint density at radius 2 is 1.96 bits per heavy atom. The van der Waals surface area contributed by atoms with Gasteiger partial charge in [-0.25, -0.2) is 0 Å². The number of nitrogens with one attached hydrogen (secondary N) is 2. The van der Waals surface area contributed by atoms with Crippen molar-refractivity contribution >= 4 is 17.1 Å². The lowest BCUT2D eigenvalue weighted by Gasteiger charge is -2.17. The van der Waals surface area contributed by atoms with Crippen molar-refractivity contribution in [1.29, 1.82) is 0 Å². The van der Waals surface area contributed by atoms with E-state index in [0.29, 0.717) is 25.3 Å². The highest BCUT2D eigenvalue weighted by Crippen LogP contribution is 2.29.